The van der Waals surface area contributed by atoms with Gasteiger partial charge in [0, 0.05) is 69.9 Å². The Morgan fingerprint density at radius 3 is 2.32 bits per heavy atom. The maximum Gasteiger partial charge on any atom is 0.240 e. The van der Waals surface area contributed by atoms with Gasteiger partial charge in [0.25, 0.3) is 0 Å². The van der Waals surface area contributed by atoms with E-state index < -0.39 is 10.0 Å². The summed E-state index contributed by atoms with van der Waals surface area (Å²) in [4.78, 5) is 16.0. The van der Waals surface area contributed by atoms with Crippen LogP contribution in [0, 0.1) is 5.41 Å². The molecule has 0 saturated heterocycles. The average Bonchev–Trinajstić information content (AvgIpc) is 3.09. The molecule has 0 atom stereocenters. The number of nitrogens with one attached hydrogen (secondary N) is 3. The quantitative estimate of drug-likeness (QED) is 0.186. The van der Waals surface area contributed by atoms with E-state index >= 15 is 0 Å². The molecule has 31 heavy (non-hydrogen) atoms. The standard InChI is InChI=1S/C20H16I2N4O4S/c21-26(22)10-9-24-31(29,30)12-7-5-11(6-8-12)18-16-15(20(28)25-18)17(23)13-3-1-2-4-14(13)19(16)27/h1-8,23-25,28H,9-10H2. The van der Waals surface area contributed by atoms with Gasteiger partial charge in [0.1, 0.15) is 0 Å². The molecular weight excluding hydrogens is 646 g/mol. The Labute approximate surface area is 206 Å². The SMILES string of the molecule is N=C1c2ccccc2C(=O)c2c(-c3ccc(S(=O)(=O)NCCN(I)I)cc3)[nH]c(O)c21. The number of halogens is 2. The zero-order valence-corrected chi connectivity index (χ0v) is 20.9. The summed E-state index contributed by atoms with van der Waals surface area (Å²) >= 11 is 4.12. The number of sulfonamides is 1. The highest BCUT2D eigenvalue weighted by Crippen LogP contribution is 2.39. The van der Waals surface area contributed by atoms with E-state index in [1.54, 1.807) is 36.4 Å². The summed E-state index contributed by atoms with van der Waals surface area (Å²) in [5, 5.41) is 18.9. The van der Waals surface area contributed by atoms with E-state index in [2.05, 4.69) is 55.4 Å². The van der Waals surface area contributed by atoms with Gasteiger partial charge in [-0.05, 0) is 17.7 Å². The van der Waals surface area contributed by atoms with Crippen molar-refractivity contribution in [2.45, 2.75) is 4.90 Å². The van der Waals surface area contributed by atoms with Gasteiger partial charge in [-0.15, -0.1) is 0 Å². The molecule has 0 aliphatic heterocycles. The monoisotopic (exact) mass is 662 g/mol. The second-order valence-electron chi connectivity index (χ2n) is 6.80. The maximum atomic E-state index is 13.1. The number of benzene rings is 2. The van der Waals surface area contributed by atoms with Crippen LogP contribution in [-0.2, 0) is 10.0 Å². The number of aromatic amines is 1. The predicted octanol–water partition coefficient (Wildman–Crippen LogP) is 3.63. The molecule has 1 aliphatic carbocycles. The molecule has 4 rings (SSSR count). The topological polar surface area (TPSA) is 126 Å². The molecule has 160 valence electrons. The zero-order valence-electron chi connectivity index (χ0n) is 15.8. The summed E-state index contributed by atoms with van der Waals surface area (Å²) in [6.45, 7) is 0.811. The van der Waals surface area contributed by atoms with E-state index in [0.717, 1.165) is 0 Å². The van der Waals surface area contributed by atoms with Gasteiger partial charge < -0.3 is 10.1 Å². The van der Waals surface area contributed by atoms with E-state index in [4.69, 9.17) is 5.41 Å². The summed E-state index contributed by atoms with van der Waals surface area (Å²) in [5.41, 5.74) is 2.15. The molecule has 0 spiro atoms. The Morgan fingerprint density at radius 1 is 1.03 bits per heavy atom. The Bertz CT molecular complexity index is 1300. The number of fused-ring (bicyclic) bond motifs is 2. The van der Waals surface area contributed by atoms with Crippen LogP contribution in [0.2, 0.25) is 0 Å². The molecule has 3 aromatic rings. The lowest BCUT2D eigenvalue weighted by atomic mass is 9.84. The first kappa shape index (κ1) is 22.4. The highest BCUT2D eigenvalue weighted by molar-refractivity contribution is 14.2. The smallest absolute Gasteiger partial charge is 0.240 e. The number of aromatic nitrogens is 1. The number of nitrogens with zero attached hydrogens (tertiary/aromatic N) is 1. The number of carbonyl (C=O) groups excluding carboxylic acids is 1. The number of ketones is 1. The van der Waals surface area contributed by atoms with Gasteiger partial charge in [-0.3, -0.25) is 10.2 Å². The average molecular weight is 662 g/mol. The molecule has 0 unspecified atom stereocenters. The fourth-order valence-corrected chi connectivity index (χ4v) is 4.99. The lowest BCUT2D eigenvalue weighted by Gasteiger charge is -2.17. The molecule has 4 N–H and O–H groups in total. The summed E-state index contributed by atoms with van der Waals surface area (Å²) in [5.74, 6) is -0.563. The van der Waals surface area contributed by atoms with Crippen molar-refractivity contribution in [3.63, 3.8) is 0 Å². The molecular formula is C20H16I2N4O4S. The van der Waals surface area contributed by atoms with Crippen LogP contribution in [0.15, 0.2) is 53.4 Å². The minimum absolute atomic E-state index is 0.0631. The van der Waals surface area contributed by atoms with E-state index in [-0.39, 0.29) is 39.9 Å². The second-order valence-corrected chi connectivity index (χ2v) is 12.7. The normalized spacial score (nSPS) is 13.4. The van der Waals surface area contributed by atoms with Gasteiger partial charge in [0.2, 0.25) is 10.0 Å². The van der Waals surface area contributed by atoms with Gasteiger partial charge in [-0.2, -0.15) is 1.33 Å². The molecule has 0 amide bonds. The Balaban J connectivity index is 1.70. The number of rotatable bonds is 6. The van der Waals surface area contributed by atoms with Crippen LogP contribution >= 0.6 is 45.7 Å². The second kappa shape index (κ2) is 8.61. The first-order chi connectivity index (χ1) is 14.7. The maximum absolute atomic E-state index is 13.1. The minimum Gasteiger partial charge on any atom is -0.494 e. The lowest BCUT2D eigenvalue weighted by Crippen LogP contribution is -2.28. The van der Waals surface area contributed by atoms with Crippen molar-refractivity contribution in [3.05, 3.63) is 70.8 Å². The Kier molecular flexibility index (Phi) is 6.22. The number of hydrogen-bond donors (Lipinski definition) is 4. The van der Waals surface area contributed by atoms with Gasteiger partial charge in [0.15, 0.2) is 11.7 Å². The number of carbonyl (C=O) groups is 1. The van der Waals surface area contributed by atoms with E-state index in [0.29, 0.717) is 28.9 Å². The van der Waals surface area contributed by atoms with Gasteiger partial charge in [-0.25, -0.2) is 13.1 Å². The molecule has 1 aliphatic rings. The van der Waals surface area contributed by atoms with Crippen molar-refractivity contribution >= 4 is 67.2 Å². The third-order valence-electron chi connectivity index (χ3n) is 4.92. The van der Waals surface area contributed by atoms with E-state index in [1.807, 2.05) is 1.33 Å². The van der Waals surface area contributed by atoms with E-state index in [9.17, 15) is 18.3 Å². The highest BCUT2D eigenvalue weighted by atomic mass is 127. The van der Waals surface area contributed by atoms with Crippen molar-refractivity contribution in [1.82, 2.24) is 11.0 Å². The largest absolute Gasteiger partial charge is 0.494 e. The minimum atomic E-state index is -3.67. The van der Waals surface area contributed by atoms with Gasteiger partial charge >= 0.3 is 0 Å². The molecule has 11 heteroatoms. The molecule has 0 fully saturated rings. The highest BCUT2D eigenvalue weighted by Gasteiger charge is 2.34. The number of H-pyrrole nitrogens is 1. The number of aromatic hydroxyl groups is 1. The third-order valence-corrected chi connectivity index (χ3v) is 7.37. The first-order valence-electron chi connectivity index (χ1n) is 9.08. The lowest BCUT2D eigenvalue weighted by molar-refractivity contribution is 0.103. The zero-order chi connectivity index (χ0) is 22.3. The molecule has 2 aromatic carbocycles. The molecule has 0 saturated carbocycles. The molecule has 1 aromatic heterocycles. The Morgan fingerprint density at radius 2 is 1.68 bits per heavy atom. The summed E-state index contributed by atoms with van der Waals surface area (Å²) in [7, 11) is -3.67. The molecule has 1 heterocycles. The van der Waals surface area contributed by atoms with Crippen molar-refractivity contribution in [1.29, 1.82) is 5.41 Å². The van der Waals surface area contributed by atoms with Crippen LogP contribution in [0.1, 0.15) is 27.0 Å². The molecule has 0 radical (unpaired) electrons. The van der Waals surface area contributed by atoms with E-state index in [1.165, 1.54) is 12.1 Å². The van der Waals surface area contributed by atoms with Gasteiger partial charge in [0.05, 0.1) is 27.4 Å². The van der Waals surface area contributed by atoms with Crippen molar-refractivity contribution in [3.8, 4) is 17.1 Å². The van der Waals surface area contributed by atoms with Gasteiger partial charge in [-0.1, -0.05) is 36.4 Å². The van der Waals surface area contributed by atoms with Crippen LogP contribution in [0.25, 0.3) is 11.3 Å². The molecule has 0 bridgehead atoms. The number of hydrogen-bond acceptors (Lipinski definition) is 6. The van der Waals surface area contributed by atoms with Crippen LogP contribution < -0.4 is 4.72 Å². The van der Waals surface area contributed by atoms with Crippen molar-refractivity contribution < 1.29 is 18.3 Å². The Hall–Kier alpha value is -1.81. The van der Waals surface area contributed by atoms with Crippen LogP contribution in [0.4, 0.5) is 0 Å². The van der Waals surface area contributed by atoms with Crippen LogP contribution in [0.5, 0.6) is 5.88 Å². The third kappa shape index (κ3) is 4.16. The summed E-state index contributed by atoms with van der Waals surface area (Å²) in [6, 6.07) is 12.8. The van der Waals surface area contributed by atoms with Crippen LogP contribution in [-0.4, -0.2) is 44.4 Å². The first-order valence-corrected chi connectivity index (χ1v) is 12.5. The van der Waals surface area contributed by atoms with Crippen LogP contribution in [0.3, 0.4) is 0 Å². The fourth-order valence-electron chi connectivity index (χ4n) is 3.49. The van der Waals surface area contributed by atoms with Crippen molar-refractivity contribution in [2.75, 3.05) is 13.1 Å². The summed E-state index contributed by atoms with van der Waals surface area (Å²) in [6.07, 6.45) is 0. The van der Waals surface area contributed by atoms with Crippen molar-refractivity contribution in [2.24, 2.45) is 0 Å². The summed E-state index contributed by atoms with van der Waals surface area (Å²) < 4.78 is 29.3. The molecule has 8 nitrogen and oxygen atoms in total. The predicted molar refractivity (Wildman–Crippen MR) is 134 cm³/mol. The fraction of sp³-hybridized carbons (Fsp3) is 0.100.